The Morgan fingerprint density at radius 3 is 2.75 bits per heavy atom. The summed E-state index contributed by atoms with van der Waals surface area (Å²) < 4.78 is 10.2. The van der Waals surface area contributed by atoms with Crippen LogP contribution in [-0.4, -0.2) is 41.2 Å². The Hall–Kier alpha value is -2.54. The number of anilines is 1. The first-order chi connectivity index (χ1) is 9.79. The average Bonchev–Trinajstić information content (AvgIpc) is 2.50. The molecule has 1 N–H and O–H groups in total. The van der Waals surface area contributed by atoms with E-state index in [0.717, 1.165) is 0 Å². The molecule has 7 nitrogen and oxygen atoms in total. The van der Waals surface area contributed by atoms with Crippen molar-refractivity contribution in [2.75, 3.05) is 25.6 Å². The van der Waals surface area contributed by atoms with Crippen LogP contribution in [0.4, 0.5) is 5.69 Å². The van der Waals surface area contributed by atoms with Gasteiger partial charge in [-0.05, 0) is 6.07 Å². The molecule has 0 atom stereocenters. The number of rotatable bonds is 6. The molecule has 0 radical (unpaired) electrons. The minimum Gasteiger partial charge on any atom is -0.475 e. The van der Waals surface area contributed by atoms with Gasteiger partial charge in [-0.3, -0.25) is 9.78 Å². The summed E-state index contributed by atoms with van der Waals surface area (Å²) in [7, 11) is 1.60. The van der Waals surface area contributed by atoms with Crippen LogP contribution in [0.1, 0.15) is 10.5 Å². The van der Waals surface area contributed by atoms with Crippen LogP contribution in [0.15, 0.2) is 36.9 Å². The van der Waals surface area contributed by atoms with Gasteiger partial charge in [-0.25, -0.2) is 9.97 Å². The predicted octanol–water partition coefficient (Wildman–Crippen LogP) is 1.15. The maximum Gasteiger partial charge on any atom is 0.275 e. The normalized spacial score (nSPS) is 10.1. The summed E-state index contributed by atoms with van der Waals surface area (Å²) in [6.07, 6.45) is 5.87. The lowest BCUT2D eigenvalue weighted by Gasteiger charge is -2.06. The van der Waals surface area contributed by atoms with Crippen molar-refractivity contribution in [2.24, 2.45) is 0 Å². The number of carbonyl (C=O) groups is 1. The van der Waals surface area contributed by atoms with Crippen LogP contribution < -0.4 is 10.1 Å². The van der Waals surface area contributed by atoms with Crippen molar-refractivity contribution in [1.29, 1.82) is 0 Å². The van der Waals surface area contributed by atoms with Crippen LogP contribution in [0, 0.1) is 0 Å². The third-order valence-corrected chi connectivity index (χ3v) is 2.33. The lowest BCUT2D eigenvalue weighted by Crippen LogP contribution is -2.14. The second-order valence-electron chi connectivity index (χ2n) is 3.77. The van der Waals surface area contributed by atoms with Gasteiger partial charge in [-0.1, -0.05) is 0 Å². The maximum absolute atomic E-state index is 11.8. The summed E-state index contributed by atoms with van der Waals surface area (Å²) in [5.41, 5.74) is 0.799. The Balaban J connectivity index is 1.92. The van der Waals surface area contributed by atoms with Crippen molar-refractivity contribution in [1.82, 2.24) is 15.0 Å². The van der Waals surface area contributed by atoms with E-state index in [1.165, 1.54) is 24.8 Å². The lowest BCUT2D eigenvalue weighted by molar-refractivity contribution is 0.102. The SMILES string of the molecule is COCCOc1ccc(NC(=O)c2cnccn2)cn1. The third-order valence-electron chi connectivity index (χ3n) is 2.33. The van der Waals surface area contributed by atoms with Crippen molar-refractivity contribution in [3.8, 4) is 5.88 Å². The van der Waals surface area contributed by atoms with Gasteiger partial charge in [0.1, 0.15) is 12.3 Å². The van der Waals surface area contributed by atoms with E-state index in [-0.39, 0.29) is 11.6 Å². The fraction of sp³-hybridized carbons (Fsp3) is 0.231. The molecule has 0 aliphatic heterocycles. The zero-order chi connectivity index (χ0) is 14.2. The van der Waals surface area contributed by atoms with Crippen LogP contribution >= 0.6 is 0 Å². The second-order valence-corrected chi connectivity index (χ2v) is 3.77. The third kappa shape index (κ3) is 3.99. The molecule has 7 heteroatoms. The molecule has 0 aliphatic rings. The lowest BCUT2D eigenvalue weighted by atomic mass is 10.3. The predicted molar refractivity (Wildman–Crippen MR) is 71.6 cm³/mol. The largest absolute Gasteiger partial charge is 0.475 e. The summed E-state index contributed by atoms with van der Waals surface area (Å²) in [6, 6.07) is 3.37. The van der Waals surface area contributed by atoms with E-state index in [2.05, 4.69) is 20.3 Å². The molecule has 0 fully saturated rings. The smallest absolute Gasteiger partial charge is 0.275 e. The molecular formula is C13H14N4O3. The van der Waals surface area contributed by atoms with Crippen molar-refractivity contribution >= 4 is 11.6 Å². The molecule has 104 valence electrons. The summed E-state index contributed by atoms with van der Waals surface area (Å²) in [5, 5.41) is 2.67. The zero-order valence-electron chi connectivity index (χ0n) is 10.9. The molecule has 0 unspecified atom stereocenters. The minimum absolute atomic E-state index is 0.243. The molecule has 0 bridgehead atoms. The first-order valence-electron chi connectivity index (χ1n) is 5.95. The Bertz CT molecular complexity index is 545. The number of aromatic nitrogens is 3. The Morgan fingerprint density at radius 2 is 2.10 bits per heavy atom. The number of hydrogen-bond donors (Lipinski definition) is 1. The molecule has 0 saturated heterocycles. The highest BCUT2D eigenvalue weighted by atomic mass is 16.5. The molecule has 0 spiro atoms. The van der Waals surface area contributed by atoms with E-state index in [1.807, 2.05) is 0 Å². The maximum atomic E-state index is 11.8. The second kappa shape index (κ2) is 7.15. The molecule has 0 saturated carbocycles. The van der Waals surface area contributed by atoms with Crippen molar-refractivity contribution < 1.29 is 14.3 Å². The molecule has 2 rings (SSSR count). The van der Waals surface area contributed by atoms with Crippen LogP contribution in [0.2, 0.25) is 0 Å². The van der Waals surface area contributed by atoms with Gasteiger partial charge in [0.05, 0.1) is 24.7 Å². The molecule has 2 aromatic heterocycles. The first-order valence-corrected chi connectivity index (χ1v) is 5.95. The molecule has 1 amide bonds. The van der Waals surface area contributed by atoms with Crippen molar-refractivity contribution in [2.45, 2.75) is 0 Å². The summed E-state index contributed by atoms with van der Waals surface area (Å²) in [5.74, 6) is 0.132. The average molecular weight is 274 g/mol. The van der Waals surface area contributed by atoms with Gasteiger partial charge in [-0.2, -0.15) is 0 Å². The minimum atomic E-state index is -0.340. The molecule has 0 aromatic carbocycles. The Labute approximate surface area is 116 Å². The number of carbonyl (C=O) groups excluding carboxylic acids is 1. The van der Waals surface area contributed by atoms with E-state index in [1.54, 1.807) is 19.2 Å². The van der Waals surface area contributed by atoms with E-state index in [4.69, 9.17) is 9.47 Å². The summed E-state index contributed by atoms with van der Waals surface area (Å²) >= 11 is 0. The fourth-order valence-corrected chi connectivity index (χ4v) is 1.38. The van der Waals surface area contributed by atoms with Crippen molar-refractivity contribution in [3.05, 3.63) is 42.6 Å². The van der Waals surface area contributed by atoms with E-state index in [9.17, 15) is 4.79 Å². The number of nitrogens with one attached hydrogen (secondary N) is 1. The van der Waals surface area contributed by atoms with E-state index >= 15 is 0 Å². The van der Waals surface area contributed by atoms with E-state index in [0.29, 0.717) is 24.8 Å². The number of nitrogens with zero attached hydrogens (tertiary/aromatic N) is 3. The monoisotopic (exact) mass is 274 g/mol. The Morgan fingerprint density at radius 1 is 1.20 bits per heavy atom. The van der Waals surface area contributed by atoms with Gasteiger partial charge < -0.3 is 14.8 Å². The molecule has 2 aromatic rings. The number of hydrogen-bond acceptors (Lipinski definition) is 6. The number of methoxy groups -OCH3 is 1. The van der Waals surface area contributed by atoms with Gasteiger partial charge in [0.15, 0.2) is 0 Å². The van der Waals surface area contributed by atoms with Gasteiger partial charge >= 0.3 is 0 Å². The standard InChI is InChI=1S/C13H14N4O3/c1-19-6-7-20-12-3-2-10(8-16-12)17-13(18)11-9-14-4-5-15-11/h2-5,8-9H,6-7H2,1H3,(H,17,18). The van der Waals surface area contributed by atoms with Crippen LogP contribution in [-0.2, 0) is 4.74 Å². The molecular weight excluding hydrogens is 260 g/mol. The zero-order valence-corrected chi connectivity index (χ0v) is 10.9. The molecule has 2 heterocycles. The number of amides is 1. The van der Waals surface area contributed by atoms with Crippen LogP contribution in [0.5, 0.6) is 5.88 Å². The van der Waals surface area contributed by atoms with Crippen LogP contribution in [0.3, 0.4) is 0 Å². The molecule has 20 heavy (non-hydrogen) atoms. The van der Waals surface area contributed by atoms with Gasteiger partial charge in [0.2, 0.25) is 5.88 Å². The highest BCUT2D eigenvalue weighted by molar-refractivity contribution is 6.02. The number of pyridine rings is 1. The summed E-state index contributed by atoms with van der Waals surface area (Å²) in [6.45, 7) is 0.918. The summed E-state index contributed by atoms with van der Waals surface area (Å²) in [4.78, 5) is 23.6. The first kappa shape index (κ1) is 13.9. The van der Waals surface area contributed by atoms with Crippen molar-refractivity contribution in [3.63, 3.8) is 0 Å². The highest BCUT2D eigenvalue weighted by Crippen LogP contribution is 2.12. The fourth-order valence-electron chi connectivity index (χ4n) is 1.38. The van der Waals surface area contributed by atoms with Crippen LogP contribution in [0.25, 0.3) is 0 Å². The van der Waals surface area contributed by atoms with Gasteiger partial charge in [0.25, 0.3) is 5.91 Å². The molecule has 0 aliphatic carbocycles. The topological polar surface area (TPSA) is 86.2 Å². The van der Waals surface area contributed by atoms with Gasteiger partial charge in [-0.15, -0.1) is 0 Å². The number of ether oxygens (including phenoxy) is 2. The van der Waals surface area contributed by atoms with E-state index < -0.39 is 0 Å². The highest BCUT2D eigenvalue weighted by Gasteiger charge is 2.07. The quantitative estimate of drug-likeness (QED) is 0.795. The van der Waals surface area contributed by atoms with Gasteiger partial charge in [0, 0.05) is 25.6 Å². The Kier molecular flexibility index (Phi) is 4.96.